The lowest BCUT2D eigenvalue weighted by Gasteiger charge is -2.35. The Morgan fingerprint density at radius 3 is 2.49 bits per heavy atom. The molecule has 0 radical (unpaired) electrons. The first kappa shape index (κ1) is 24.3. The standard InChI is InChI=1S/C26H26F3N5O/c1-2-3-13-32-14-12-30-23(32)10-8-20-9-11-24(31-19-20)33-15-17-34(18-16-33)25(35)21-6-4-5-7-22(21)26(27,28)29/h4-7,9,11-12,14,19H,2-3,13,15-18H2,1H3. The Labute approximate surface area is 202 Å². The first-order chi connectivity index (χ1) is 16.9. The van der Waals surface area contributed by atoms with Gasteiger partial charge in [-0.2, -0.15) is 13.2 Å². The highest BCUT2D eigenvalue weighted by molar-refractivity contribution is 5.96. The van der Waals surface area contributed by atoms with E-state index < -0.39 is 17.6 Å². The number of carbonyl (C=O) groups excluding carboxylic acids is 1. The van der Waals surface area contributed by atoms with Crippen molar-refractivity contribution in [1.29, 1.82) is 0 Å². The summed E-state index contributed by atoms with van der Waals surface area (Å²) in [7, 11) is 0. The summed E-state index contributed by atoms with van der Waals surface area (Å²) in [6.07, 6.45) is 2.95. The fraction of sp³-hybridized carbons (Fsp3) is 0.346. The number of hydrogen-bond donors (Lipinski definition) is 0. The molecule has 0 N–H and O–H groups in total. The summed E-state index contributed by atoms with van der Waals surface area (Å²) in [5, 5.41) is 0. The van der Waals surface area contributed by atoms with Gasteiger partial charge in [0.15, 0.2) is 5.82 Å². The average molecular weight is 482 g/mol. The van der Waals surface area contributed by atoms with E-state index in [1.54, 1.807) is 12.4 Å². The Bertz CT molecular complexity index is 1220. The van der Waals surface area contributed by atoms with Gasteiger partial charge in [-0.05, 0) is 36.6 Å². The molecule has 0 aliphatic carbocycles. The van der Waals surface area contributed by atoms with Crippen molar-refractivity contribution in [3.63, 3.8) is 0 Å². The molecule has 3 aromatic rings. The second-order valence-corrected chi connectivity index (χ2v) is 8.28. The van der Waals surface area contributed by atoms with Crippen molar-refractivity contribution in [1.82, 2.24) is 19.4 Å². The Hall–Kier alpha value is -3.80. The highest BCUT2D eigenvalue weighted by Crippen LogP contribution is 2.32. The van der Waals surface area contributed by atoms with Crippen molar-refractivity contribution >= 4 is 11.7 Å². The summed E-state index contributed by atoms with van der Waals surface area (Å²) in [5.41, 5.74) is -0.459. The number of benzene rings is 1. The zero-order valence-electron chi connectivity index (χ0n) is 19.4. The predicted molar refractivity (Wildman–Crippen MR) is 127 cm³/mol. The van der Waals surface area contributed by atoms with Gasteiger partial charge in [0.2, 0.25) is 0 Å². The van der Waals surface area contributed by atoms with Crippen LogP contribution in [0.1, 0.15) is 47.1 Å². The number of nitrogens with zero attached hydrogens (tertiary/aromatic N) is 5. The van der Waals surface area contributed by atoms with Crippen LogP contribution in [-0.4, -0.2) is 51.5 Å². The minimum Gasteiger partial charge on any atom is -0.353 e. The molecule has 182 valence electrons. The van der Waals surface area contributed by atoms with E-state index in [0.29, 0.717) is 26.2 Å². The van der Waals surface area contributed by atoms with Crippen molar-refractivity contribution in [3.8, 4) is 11.8 Å². The second kappa shape index (κ2) is 10.6. The minimum atomic E-state index is -4.57. The Morgan fingerprint density at radius 1 is 1.03 bits per heavy atom. The fourth-order valence-corrected chi connectivity index (χ4v) is 3.94. The maximum Gasteiger partial charge on any atom is 0.417 e. The van der Waals surface area contributed by atoms with Gasteiger partial charge in [-0.1, -0.05) is 31.4 Å². The maximum absolute atomic E-state index is 13.3. The van der Waals surface area contributed by atoms with Crippen LogP contribution >= 0.6 is 0 Å². The summed E-state index contributed by atoms with van der Waals surface area (Å²) >= 11 is 0. The molecule has 1 fully saturated rings. The van der Waals surface area contributed by atoms with Gasteiger partial charge < -0.3 is 14.4 Å². The number of hydrogen-bond acceptors (Lipinski definition) is 4. The number of aryl methyl sites for hydroxylation is 1. The van der Waals surface area contributed by atoms with E-state index >= 15 is 0 Å². The van der Waals surface area contributed by atoms with Gasteiger partial charge in [0.25, 0.3) is 5.91 Å². The fourth-order valence-electron chi connectivity index (χ4n) is 3.94. The molecule has 3 heterocycles. The molecule has 0 unspecified atom stereocenters. The topological polar surface area (TPSA) is 54.3 Å². The Balaban J connectivity index is 1.37. The molecule has 1 aromatic carbocycles. The number of rotatable bonds is 5. The lowest BCUT2D eigenvalue weighted by Crippen LogP contribution is -2.49. The van der Waals surface area contributed by atoms with Gasteiger partial charge in [-0.3, -0.25) is 4.79 Å². The van der Waals surface area contributed by atoms with Crippen LogP contribution in [-0.2, 0) is 12.7 Å². The number of alkyl halides is 3. The molecule has 0 spiro atoms. The van der Waals surface area contributed by atoms with Crippen molar-refractivity contribution < 1.29 is 18.0 Å². The minimum absolute atomic E-state index is 0.314. The molecule has 1 amide bonds. The molecule has 2 aromatic heterocycles. The monoisotopic (exact) mass is 481 g/mol. The van der Waals surface area contributed by atoms with Crippen LogP contribution in [0.4, 0.5) is 19.0 Å². The first-order valence-electron chi connectivity index (χ1n) is 11.6. The Morgan fingerprint density at radius 2 is 1.80 bits per heavy atom. The number of unbranched alkanes of at least 4 members (excludes halogenated alkanes) is 1. The number of amides is 1. The van der Waals surface area contributed by atoms with Crippen LogP contribution in [0.15, 0.2) is 55.0 Å². The molecule has 0 saturated carbocycles. The van der Waals surface area contributed by atoms with E-state index in [0.717, 1.165) is 42.7 Å². The van der Waals surface area contributed by atoms with Gasteiger partial charge in [0, 0.05) is 56.9 Å². The molecule has 4 rings (SSSR count). The van der Waals surface area contributed by atoms with E-state index in [-0.39, 0.29) is 5.56 Å². The number of anilines is 1. The third-order valence-corrected chi connectivity index (χ3v) is 5.89. The summed E-state index contributed by atoms with van der Waals surface area (Å²) in [6.45, 7) is 4.61. The quantitative estimate of drug-likeness (QED) is 0.505. The summed E-state index contributed by atoms with van der Waals surface area (Å²) < 4.78 is 41.9. The van der Waals surface area contributed by atoms with Crippen LogP contribution < -0.4 is 4.90 Å². The summed E-state index contributed by atoms with van der Waals surface area (Å²) in [4.78, 5) is 25.0. The van der Waals surface area contributed by atoms with Crippen molar-refractivity contribution in [2.75, 3.05) is 31.1 Å². The van der Waals surface area contributed by atoms with E-state index in [9.17, 15) is 18.0 Å². The van der Waals surface area contributed by atoms with Crippen LogP contribution in [0.3, 0.4) is 0 Å². The number of pyridine rings is 1. The molecule has 0 bridgehead atoms. The molecular weight excluding hydrogens is 455 g/mol. The van der Waals surface area contributed by atoms with Gasteiger partial charge in [-0.25, -0.2) is 9.97 Å². The first-order valence-corrected chi connectivity index (χ1v) is 11.6. The van der Waals surface area contributed by atoms with E-state index in [1.165, 1.54) is 23.1 Å². The average Bonchev–Trinajstić information content (AvgIpc) is 3.33. The van der Waals surface area contributed by atoms with Crippen molar-refractivity contribution in [3.05, 3.63) is 77.5 Å². The van der Waals surface area contributed by atoms with Gasteiger partial charge in [-0.15, -0.1) is 0 Å². The zero-order chi connectivity index (χ0) is 24.8. The number of halogens is 3. The van der Waals surface area contributed by atoms with E-state index in [4.69, 9.17) is 0 Å². The van der Waals surface area contributed by atoms with Crippen LogP contribution in [0.5, 0.6) is 0 Å². The van der Waals surface area contributed by atoms with E-state index in [1.807, 2.05) is 27.8 Å². The number of imidazole rings is 1. The van der Waals surface area contributed by atoms with Gasteiger partial charge in [0.1, 0.15) is 5.82 Å². The molecule has 6 nitrogen and oxygen atoms in total. The SMILES string of the molecule is CCCCn1ccnc1C#Cc1ccc(N2CCN(C(=O)c3ccccc3C(F)(F)F)CC2)nc1. The third kappa shape index (κ3) is 5.83. The zero-order valence-corrected chi connectivity index (χ0v) is 19.4. The third-order valence-electron chi connectivity index (χ3n) is 5.89. The van der Waals surface area contributed by atoms with Crippen LogP contribution in [0, 0.1) is 11.8 Å². The number of aromatic nitrogens is 3. The lowest BCUT2D eigenvalue weighted by molar-refractivity contribution is -0.138. The number of carbonyl (C=O) groups is 1. The number of piperazine rings is 1. The smallest absolute Gasteiger partial charge is 0.353 e. The maximum atomic E-state index is 13.3. The molecule has 1 saturated heterocycles. The molecular formula is C26H26F3N5O. The van der Waals surface area contributed by atoms with E-state index in [2.05, 4.69) is 28.7 Å². The molecule has 0 atom stereocenters. The summed E-state index contributed by atoms with van der Waals surface area (Å²) in [6, 6.07) is 8.66. The highest BCUT2D eigenvalue weighted by atomic mass is 19.4. The largest absolute Gasteiger partial charge is 0.417 e. The highest BCUT2D eigenvalue weighted by Gasteiger charge is 2.36. The lowest BCUT2D eigenvalue weighted by atomic mass is 10.1. The molecule has 1 aliphatic heterocycles. The molecule has 35 heavy (non-hydrogen) atoms. The Kier molecular flexibility index (Phi) is 7.39. The van der Waals surface area contributed by atoms with Crippen LogP contribution in [0.25, 0.3) is 0 Å². The summed E-state index contributed by atoms with van der Waals surface area (Å²) in [5.74, 6) is 7.04. The second-order valence-electron chi connectivity index (χ2n) is 8.28. The van der Waals surface area contributed by atoms with Crippen molar-refractivity contribution in [2.45, 2.75) is 32.5 Å². The molecule has 9 heteroatoms. The molecule has 1 aliphatic rings. The predicted octanol–water partition coefficient (Wildman–Crippen LogP) is 4.46. The normalized spacial score (nSPS) is 13.9. The van der Waals surface area contributed by atoms with Crippen LogP contribution in [0.2, 0.25) is 0 Å². The van der Waals surface area contributed by atoms with Crippen molar-refractivity contribution in [2.24, 2.45) is 0 Å². The van der Waals surface area contributed by atoms with Gasteiger partial charge >= 0.3 is 6.18 Å². The van der Waals surface area contributed by atoms with Gasteiger partial charge in [0.05, 0.1) is 11.1 Å².